The van der Waals surface area contributed by atoms with Crippen LogP contribution in [0.15, 0.2) is 60.7 Å². The molecule has 0 nitrogen and oxygen atoms in total. The van der Waals surface area contributed by atoms with E-state index in [1.165, 1.54) is 59.1 Å². The first-order chi connectivity index (χ1) is 15.3. The van der Waals surface area contributed by atoms with Crippen molar-refractivity contribution in [2.75, 3.05) is 0 Å². The summed E-state index contributed by atoms with van der Waals surface area (Å²) in [4.78, 5) is 0. The minimum atomic E-state index is -0.227. The third kappa shape index (κ3) is 2.40. The quantitative estimate of drug-likeness (QED) is 0.369. The van der Waals surface area contributed by atoms with Crippen LogP contribution < -0.4 is 0 Å². The number of hydrogen-bond donors (Lipinski definition) is 0. The highest BCUT2D eigenvalue weighted by molar-refractivity contribution is 5.81. The first kappa shape index (κ1) is 18.3. The van der Waals surface area contributed by atoms with Crippen molar-refractivity contribution in [2.45, 2.75) is 37.0 Å². The summed E-state index contributed by atoms with van der Waals surface area (Å²) in [5, 5.41) is 0. The smallest absolute Gasteiger partial charge is 0.0500 e. The molecule has 0 heterocycles. The molecule has 3 aromatic carbocycles. The van der Waals surface area contributed by atoms with Gasteiger partial charge in [-0.2, -0.15) is 0 Å². The summed E-state index contributed by atoms with van der Waals surface area (Å²) in [5.74, 6) is 6.87. The number of fused-ring (bicyclic) bond motifs is 9. The summed E-state index contributed by atoms with van der Waals surface area (Å²) in [7, 11) is 0. The van der Waals surface area contributed by atoms with E-state index in [2.05, 4.69) is 84.7 Å². The van der Waals surface area contributed by atoms with Crippen LogP contribution >= 0.6 is 0 Å². The van der Waals surface area contributed by atoms with Crippen LogP contribution in [0.5, 0.6) is 0 Å². The van der Waals surface area contributed by atoms with Crippen LogP contribution in [0.3, 0.4) is 0 Å². The van der Waals surface area contributed by atoms with Crippen LogP contribution in [-0.4, -0.2) is 0 Å². The SMILES string of the molecule is C#Cc1ccc2c(c1)C1(c3cc(C#C)ccc3C=C2)c2ccccc2[C@H]2CCCCC21. The molecule has 0 amide bonds. The topological polar surface area (TPSA) is 0 Å². The first-order valence-corrected chi connectivity index (χ1v) is 11.3. The highest BCUT2D eigenvalue weighted by atomic mass is 14.6. The first-order valence-electron chi connectivity index (χ1n) is 11.3. The normalized spacial score (nSPS) is 21.7. The highest BCUT2D eigenvalue weighted by Gasteiger charge is 2.55. The molecule has 1 spiro atoms. The molecule has 1 unspecified atom stereocenters. The van der Waals surface area contributed by atoms with Gasteiger partial charge in [-0.3, -0.25) is 0 Å². The lowest BCUT2D eigenvalue weighted by atomic mass is 9.59. The molecule has 0 bridgehead atoms. The molecular formula is C31H24. The summed E-state index contributed by atoms with van der Waals surface area (Å²) in [6.07, 6.45) is 21.3. The van der Waals surface area contributed by atoms with Crippen LogP contribution in [0, 0.1) is 30.6 Å². The van der Waals surface area contributed by atoms with E-state index in [1.54, 1.807) is 0 Å². The number of hydrogen-bond acceptors (Lipinski definition) is 0. The minimum Gasteiger partial charge on any atom is -0.115 e. The van der Waals surface area contributed by atoms with E-state index in [1.807, 2.05) is 0 Å². The van der Waals surface area contributed by atoms with Gasteiger partial charge in [-0.05, 0) is 82.3 Å². The van der Waals surface area contributed by atoms with Crippen molar-refractivity contribution in [3.05, 3.63) is 105 Å². The summed E-state index contributed by atoms with van der Waals surface area (Å²) in [5.41, 5.74) is 9.83. The monoisotopic (exact) mass is 396 g/mol. The fourth-order valence-electron chi connectivity index (χ4n) is 6.68. The summed E-state index contributed by atoms with van der Waals surface area (Å²) < 4.78 is 0. The van der Waals surface area contributed by atoms with Gasteiger partial charge in [-0.15, -0.1) is 12.8 Å². The van der Waals surface area contributed by atoms with Crippen molar-refractivity contribution in [3.63, 3.8) is 0 Å². The van der Waals surface area contributed by atoms with Crippen molar-refractivity contribution in [1.82, 2.24) is 0 Å². The van der Waals surface area contributed by atoms with Crippen molar-refractivity contribution < 1.29 is 0 Å². The number of rotatable bonds is 0. The Balaban J connectivity index is 1.80. The molecule has 0 N–H and O–H groups in total. The van der Waals surface area contributed by atoms with Crippen LogP contribution in [0.2, 0.25) is 0 Å². The Labute approximate surface area is 185 Å². The van der Waals surface area contributed by atoms with E-state index in [4.69, 9.17) is 12.8 Å². The van der Waals surface area contributed by atoms with Gasteiger partial charge in [0, 0.05) is 11.1 Å². The Bertz CT molecular complexity index is 1250. The van der Waals surface area contributed by atoms with Gasteiger partial charge in [-0.25, -0.2) is 0 Å². The molecule has 0 aliphatic heterocycles. The van der Waals surface area contributed by atoms with E-state index in [9.17, 15) is 0 Å². The molecule has 6 rings (SSSR count). The van der Waals surface area contributed by atoms with Gasteiger partial charge in [0.2, 0.25) is 0 Å². The molecular weight excluding hydrogens is 372 g/mol. The third-order valence-corrected chi connectivity index (χ3v) is 7.84. The van der Waals surface area contributed by atoms with Gasteiger partial charge in [0.1, 0.15) is 0 Å². The molecule has 3 aliphatic carbocycles. The lowest BCUT2D eigenvalue weighted by molar-refractivity contribution is 0.262. The zero-order valence-electron chi connectivity index (χ0n) is 17.6. The summed E-state index contributed by atoms with van der Waals surface area (Å²) >= 11 is 0. The van der Waals surface area contributed by atoms with Crippen molar-refractivity contribution in [1.29, 1.82) is 0 Å². The van der Waals surface area contributed by atoms with E-state index in [0.29, 0.717) is 11.8 Å². The molecule has 2 atom stereocenters. The van der Waals surface area contributed by atoms with E-state index >= 15 is 0 Å². The number of terminal acetylenes is 2. The second-order valence-corrected chi connectivity index (χ2v) is 9.12. The van der Waals surface area contributed by atoms with E-state index < -0.39 is 0 Å². The van der Waals surface area contributed by atoms with Gasteiger partial charge >= 0.3 is 0 Å². The Hall–Kier alpha value is -3.48. The minimum absolute atomic E-state index is 0.227. The lowest BCUT2D eigenvalue weighted by Gasteiger charge is -2.43. The van der Waals surface area contributed by atoms with Crippen molar-refractivity contribution >= 4 is 12.2 Å². The Morgan fingerprint density at radius 2 is 1.32 bits per heavy atom. The maximum absolute atomic E-state index is 5.88. The largest absolute Gasteiger partial charge is 0.115 e. The average molecular weight is 397 g/mol. The zero-order chi connectivity index (χ0) is 21.0. The average Bonchev–Trinajstić information content (AvgIpc) is 3.05. The highest BCUT2D eigenvalue weighted by Crippen LogP contribution is 2.63. The maximum atomic E-state index is 5.88. The standard InChI is InChI=1S/C31H24/c1-3-21-13-15-23-17-18-24-16-14-22(4-2)20-30(24)31(29(23)19-21)27-11-7-5-9-25(27)26-10-6-8-12-28(26)31/h1-2,5,7,9,11,13-20,26,28H,6,8,10,12H2/t26-,28?/m1/s1. The summed E-state index contributed by atoms with van der Waals surface area (Å²) in [6, 6.07) is 22.2. The lowest BCUT2D eigenvalue weighted by Crippen LogP contribution is -2.38. The molecule has 0 heteroatoms. The summed E-state index contributed by atoms with van der Waals surface area (Å²) in [6.45, 7) is 0. The van der Waals surface area contributed by atoms with Gasteiger partial charge in [-0.1, -0.05) is 73.2 Å². The second-order valence-electron chi connectivity index (χ2n) is 9.12. The number of benzene rings is 3. The van der Waals surface area contributed by atoms with Crippen LogP contribution in [0.1, 0.15) is 76.1 Å². The molecule has 3 aromatic rings. The van der Waals surface area contributed by atoms with Gasteiger partial charge in [0.05, 0.1) is 5.41 Å². The van der Waals surface area contributed by atoms with Crippen LogP contribution in [-0.2, 0) is 5.41 Å². The van der Waals surface area contributed by atoms with Crippen molar-refractivity contribution in [3.8, 4) is 24.7 Å². The second kappa shape index (κ2) is 6.77. The maximum Gasteiger partial charge on any atom is 0.0500 e. The van der Waals surface area contributed by atoms with Crippen molar-refractivity contribution in [2.24, 2.45) is 5.92 Å². The van der Waals surface area contributed by atoms with Crippen LogP contribution in [0.25, 0.3) is 12.2 Å². The molecule has 0 saturated heterocycles. The fourth-order valence-corrected chi connectivity index (χ4v) is 6.68. The van der Waals surface area contributed by atoms with E-state index in [-0.39, 0.29) is 5.41 Å². The van der Waals surface area contributed by atoms with E-state index in [0.717, 1.165) is 11.1 Å². The predicted molar refractivity (Wildman–Crippen MR) is 129 cm³/mol. The molecule has 0 aromatic heterocycles. The molecule has 31 heavy (non-hydrogen) atoms. The fraction of sp³-hybridized carbons (Fsp3) is 0.226. The van der Waals surface area contributed by atoms with Gasteiger partial charge in [0.25, 0.3) is 0 Å². The molecule has 1 saturated carbocycles. The Morgan fingerprint density at radius 1 is 0.710 bits per heavy atom. The third-order valence-electron chi connectivity index (χ3n) is 7.84. The molecule has 148 valence electrons. The van der Waals surface area contributed by atoms with Crippen LogP contribution in [0.4, 0.5) is 0 Å². The Kier molecular flexibility index (Phi) is 4.00. The van der Waals surface area contributed by atoms with Gasteiger partial charge in [0.15, 0.2) is 0 Å². The predicted octanol–water partition coefficient (Wildman–Crippen LogP) is 6.75. The molecule has 3 aliphatic rings. The zero-order valence-corrected chi connectivity index (χ0v) is 17.6. The Morgan fingerprint density at radius 3 is 1.97 bits per heavy atom. The molecule has 1 fully saturated rings. The molecule has 0 radical (unpaired) electrons. The van der Waals surface area contributed by atoms with Gasteiger partial charge < -0.3 is 0 Å².